The molecule has 0 aromatic heterocycles. The van der Waals surface area contributed by atoms with E-state index in [1.165, 1.54) is 4.90 Å². The number of nitrogens with zero attached hydrogens (tertiary/aromatic N) is 1. The van der Waals surface area contributed by atoms with Gasteiger partial charge in [0, 0.05) is 13.1 Å². The van der Waals surface area contributed by atoms with Crippen LogP contribution in [0.4, 0.5) is 0 Å². The van der Waals surface area contributed by atoms with Crippen molar-refractivity contribution in [1.82, 2.24) is 4.90 Å². The summed E-state index contributed by atoms with van der Waals surface area (Å²) in [5, 5.41) is 17.6. The Morgan fingerprint density at radius 3 is 2.29 bits per heavy atom. The highest BCUT2D eigenvalue weighted by molar-refractivity contribution is 6.04. The number of carboxylic acid groups (broad SMARTS) is 1. The van der Waals surface area contributed by atoms with Crippen LogP contribution in [0.25, 0.3) is 0 Å². The van der Waals surface area contributed by atoms with Gasteiger partial charge in [-0.05, 0) is 19.8 Å². The molecule has 0 radical (unpaired) electrons. The van der Waals surface area contributed by atoms with Crippen molar-refractivity contribution >= 4 is 11.9 Å². The number of hydrogen-bond donors (Lipinski definition) is 2. The first-order chi connectivity index (χ1) is 6.58. The van der Waals surface area contributed by atoms with Crippen molar-refractivity contribution in [2.24, 2.45) is 5.41 Å². The molecule has 80 valence electrons. The van der Waals surface area contributed by atoms with E-state index in [9.17, 15) is 9.59 Å². The van der Waals surface area contributed by atoms with Gasteiger partial charge in [0.05, 0.1) is 6.61 Å². The Morgan fingerprint density at radius 2 is 2.00 bits per heavy atom. The Labute approximate surface area is 82.3 Å². The topological polar surface area (TPSA) is 77.8 Å². The van der Waals surface area contributed by atoms with Crippen molar-refractivity contribution in [3.05, 3.63) is 0 Å². The van der Waals surface area contributed by atoms with Crippen molar-refractivity contribution in [3.63, 3.8) is 0 Å². The Hall–Kier alpha value is -1.10. The first-order valence-corrected chi connectivity index (χ1v) is 4.72. The molecule has 1 aliphatic carbocycles. The van der Waals surface area contributed by atoms with E-state index in [1.807, 2.05) is 0 Å². The molecule has 5 nitrogen and oxygen atoms in total. The highest BCUT2D eigenvalue weighted by atomic mass is 16.4. The monoisotopic (exact) mass is 201 g/mol. The van der Waals surface area contributed by atoms with Gasteiger partial charge in [-0.1, -0.05) is 0 Å². The Bertz CT molecular complexity index is 247. The van der Waals surface area contributed by atoms with Crippen molar-refractivity contribution < 1.29 is 19.8 Å². The summed E-state index contributed by atoms with van der Waals surface area (Å²) in [7, 11) is 0. The SMILES string of the molecule is CCN(CCO)C(=O)C1(C(=O)O)CC1. The second-order valence-electron chi connectivity index (χ2n) is 3.50. The molecule has 1 saturated carbocycles. The smallest absolute Gasteiger partial charge is 0.319 e. The largest absolute Gasteiger partial charge is 0.480 e. The zero-order chi connectivity index (χ0) is 10.8. The third-order valence-corrected chi connectivity index (χ3v) is 2.61. The predicted molar refractivity (Wildman–Crippen MR) is 48.6 cm³/mol. The highest BCUT2D eigenvalue weighted by Crippen LogP contribution is 2.47. The number of rotatable bonds is 5. The Morgan fingerprint density at radius 1 is 1.43 bits per heavy atom. The van der Waals surface area contributed by atoms with Crippen LogP contribution in [-0.4, -0.2) is 46.7 Å². The van der Waals surface area contributed by atoms with Crippen LogP contribution in [0.2, 0.25) is 0 Å². The summed E-state index contributed by atoms with van der Waals surface area (Å²) in [5.41, 5.74) is -1.18. The van der Waals surface area contributed by atoms with Crippen LogP contribution in [0, 0.1) is 5.41 Å². The van der Waals surface area contributed by atoms with Gasteiger partial charge in [-0.25, -0.2) is 0 Å². The number of carboxylic acids is 1. The van der Waals surface area contributed by atoms with Gasteiger partial charge in [0.2, 0.25) is 5.91 Å². The van der Waals surface area contributed by atoms with Crippen LogP contribution in [0.1, 0.15) is 19.8 Å². The maximum atomic E-state index is 11.7. The van der Waals surface area contributed by atoms with Crippen LogP contribution < -0.4 is 0 Å². The minimum absolute atomic E-state index is 0.130. The highest BCUT2D eigenvalue weighted by Gasteiger charge is 2.58. The molecule has 0 aromatic carbocycles. The molecule has 14 heavy (non-hydrogen) atoms. The van der Waals surface area contributed by atoms with Gasteiger partial charge >= 0.3 is 5.97 Å². The molecule has 5 heteroatoms. The van der Waals surface area contributed by atoms with Crippen LogP contribution in [0.15, 0.2) is 0 Å². The normalized spacial score (nSPS) is 17.6. The fourth-order valence-corrected chi connectivity index (χ4v) is 1.47. The molecule has 0 aliphatic heterocycles. The van der Waals surface area contributed by atoms with E-state index in [0.717, 1.165) is 0 Å². The molecular weight excluding hydrogens is 186 g/mol. The number of likely N-dealkylation sites (N-methyl/N-ethyl adjacent to an activating group) is 1. The third-order valence-electron chi connectivity index (χ3n) is 2.61. The van der Waals surface area contributed by atoms with Crippen LogP contribution in [-0.2, 0) is 9.59 Å². The fraction of sp³-hybridized carbons (Fsp3) is 0.778. The van der Waals surface area contributed by atoms with E-state index in [0.29, 0.717) is 19.4 Å². The second-order valence-corrected chi connectivity index (χ2v) is 3.50. The first kappa shape index (κ1) is 11.0. The first-order valence-electron chi connectivity index (χ1n) is 4.72. The van der Waals surface area contributed by atoms with Crippen molar-refractivity contribution in [3.8, 4) is 0 Å². The molecular formula is C9H15NO4. The summed E-state index contributed by atoms with van der Waals surface area (Å²) in [6.45, 7) is 2.29. The molecule has 0 heterocycles. The molecule has 0 atom stereocenters. The van der Waals surface area contributed by atoms with E-state index in [4.69, 9.17) is 10.2 Å². The summed E-state index contributed by atoms with van der Waals surface area (Å²) in [4.78, 5) is 24.0. The third kappa shape index (κ3) is 1.72. The molecule has 0 aromatic rings. The fourth-order valence-electron chi connectivity index (χ4n) is 1.47. The Kier molecular flexibility index (Phi) is 3.10. The number of amides is 1. The number of aliphatic hydroxyl groups is 1. The average Bonchev–Trinajstić information content (AvgIpc) is 2.93. The number of carbonyl (C=O) groups is 2. The number of aliphatic hydroxyl groups excluding tert-OH is 1. The van der Waals surface area contributed by atoms with Crippen molar-refractivity contribution in [1.29, 1.82) is 0 Å². The van der Waals surface area contributed by atoms with Gasteiger partial charge in [0.1, 0.15) is 5.41 Å². The number of aliphatic carboxylic acids is 1. The van der Waals surface area contributed by atoms with Crippen LogP contribution in [0.3, 0.4) is 0 Å². The molecule has 0 spiro atoms. The minimum atomic E-state index is -1.18. The lowest BCUT2D eigenvalue weighted by atomic mass is 10.1. The molecule has 1 aliphatic rings. The molecule has 1 fully saturated rings. The maximum absolute atomic E-state index is 11.7. The number of carbonyl (C=O) groups excluding carboxylic acids is 1. The van der Waals surface area contributed by atoms with E-state index in [2.05, 4.69) is 0 Å². The summed E-state index contributed by atoms with van der Waals surface area (Å²) in [6.07, 6.45) is 0.839. The molecule has 0 saturated heterocycles. The molecule has 0 bridgehead atoms. The zero-order valence-corrected chi connectivity index (χ0v) is 8.19. The lowest BCUT2D eigenvalue weighted by Crippen LogP contribution is -2.42. The predicted octanol–water partition coefficient (Wildman–Crippen LogP) is -0.308. The Balaban J connectivity index is 2.68. The van der Waals surface area contributed by atoms with Gasteiger partial charge in [0.15, 0.2) is 0 Å². The quantitative estimate of drug-likeness (QED) is 0.598. The van der Waals surface area contributed by atoms with Gasteiger partial charge in [0.25, 0.3) is 0 Å². The van der Waals surface area contributed by atoms with Gasteiger partial charge in [-0.3, -0.25) is 9.59 Å². The van der Waals surface area contributed by atoms with Gasteiger partial charge in [-0.2, -0.15) is 0 Å². The standard InChI is InChI=1S/C9H15NO4/c1-2-10(5-6-11)7(12)9(3-4-9)8(13)14/h11H,2-6H2,1H3,(H,13,14). The molecule has 2 N–H and O–H groups in total. The summed E-state index contributed by atoms with van der Waals surface area (Å²) < 4.78 is 0. The van der Waals surface area contributed by atoms with Crippen molar-refractivity contribution in [2.75, 3.05) is 19.7 Å². The lowest BCUT2D eigenvalue weighted by molar-refractivity contribution is -0.153. The summed E-state index contributed by atoms with van der Waals surface area (Å²) in [6, 6.07) is 0. The van der Waals surface area contributed by atoms with E-state index in [1.54, 1.807) is 6.92 Å². The minimum Gasteiger partial charge on any atom is -0.480 e. The summed E-state index contributed by atoms with van der Waals surface area (Å²) >= 11 is 0. The second kappa shape index (κ2) is 3.96. The lowest BCUT2D eigenvalue weighted by Gasteiger charge is -2.23. The average molecular weight is 201 g/mol. The van der Waals surface area contributed by atoms with Crippen LogP contribution >= 0.6 is 0 Å². The van der Waals surface area contributed by atoms with E-state index < -0.39 is 11.4 Å². The zero-order valence-electron chi connectivity index (χ0n) is 8.19. The number of hydrogen-bond acceptors (Lipinski definition) is 3. The molecule has 0 unspecified atom stereocenters. The van der Waals surface area contributed by atoms with E-state index >= 15 is 0 Å². The van der Waals surface area contributed by atoms with Gasteiger partial charge < -0.3 is 15.1 Å². The van der Waals surface area contributed by atoms with Crippen LogP contribution in [0.5, 0.6) is 0 Å². The molecule has 1 rings (SSSR count). The maximum Gasteiger partial charge on any atom is 0.319 e. The molecule has 1 amide bonds. The van der Waals surface area contributed by atoms with E-state index in [-0.39, 0.29) is 19.1 Å². The summed E-state index contributed by atoms with van der Waals surface area (Å²) in [5.74, 6) is -1.40. The van der Waals surface area contributed by atoms with Gasteiger partial charge in [-0.15, -0.1) is 0 Å². The van der Waals surface area contributed by atoms with Crippen molar-refractivity contribution in [2.45, 2.75) is 19.8 Å².